The van der Waals surface area contributed by atoms with Crippen molar-refractivity contribution in [2.24, 2.45) is 4.99 Å². The second kappa shape index (κ2) is 6.16. The fraction of sp³-hybridized carbons (Fsp3) is 0.200. The number of nitriles is 1. The van der Waals surface area contributed by atoms with Gasteiger partial charge in [-0.1, -0.05) is 17.8 Å². The third kappa shape index (κ3) is 4.97. The van der Waals surface area contributed by atoms with Gasteiger partial charge in [0.1, 0.15) is 5.75 Å². The lowest BCUT2D eigenvalue weighted by atomic mass is 10.3. The molecule has 1 N–H and O–H groups in total. The Hall–Kier alpha value is -1.88. The zero-order chi connectivity index (χ0) is 13.6. The predicted molar refractivity (Wildman–Crippen MR) is 62.5 cm³/mol. The molecule has 0 fully saturated rings. The van der Waals surface area contributed by atoms with E-state index >= 15 is 0 Å². The topological polar surface area (TPSA) is 57.4 Å². The van der Waals surface area contributed by atoms with Crippen LogP contribution in [-0.4, -0.2) is 17.8 Å². The average molecular weight is 275 g/mol. The highest BCUT2D eigenvalue weighted by Crippen LogP contribution is 2.26. The molecule has 0 bridgehead atoms. The van der Waals surface area contributed by atoms with Crippen molar-refractivity contribution in [3.05, 3.63) is 24.3 Å². The van der Waals surface area contributed by atoms with Gasteiger partial charge in [-0.15, -0.1) is 13.2 Å². The molecule has 0 heterocycles. The number of ether oxygens (including phenoxy) is 1. The van der Waals surface area contributed by atoms with Crippen LogP contribution in [0, 0.1) is 11.5 Å². The highest BCUT2D eigenvalue weighted by Gasteiger charge is 2.31. The highest BCUT2D eigenvalue weighted by atomic mass is 32.2. The normalized spacial score (nSPS) is 11.8. The van der Waals surface area contributed by atoms with E-state index in [1.807, 2.05) is 0 Å². The number of nitrogens with zero attached hydrogens (tertiary/aromatic N) is 2. The van der Waals surface area contributed by atoms with Gasteiger partial charge in [-0.2, -0.15) is 5.26 Å². The van der Waals surface area contributed by atoms with E-state index in [1.165, 1.54) is 18.2 Å². The Morgan fingerprint density at radius 3 is 2.78 bits per heavy atom. The van der Waals surface area contributed by atoms with Gasteiger partial charge in [0.15, 0.2) is 11.4 Å². The number of aliphatic imine (C=N–C) groups is 1. The van der Waals surface area contributed by atoms with E-state index in [4.69, 9.17) is 5.26 Å². The van der Waals surface area contributed by atoms with E-state index < -0.39 is 6.36 Å². The minimum Gasteiger partial charge on any atom is -0.406 e. The van der Waals surface area contributed by atoms with Crippen molar-refractivity contribution in [1.82, 2.24) is 5.32 Å². The number of hydrogen-bond acceptors (Lipinski definition) is 4. The van der Waals surface area contributed by atoms with Crippen molar-refractivity contribution in [2.75, 3.05) is 6.26 Å². The fourth-order valence-corrected chi connectivity index (χ4v) is 1.38. The Balaban J connectivity index is 2.92. The first-order chi connectivity index (χ1) is 8.44. The number of benzene rings is 1. The maximum atomic E-state index is 12.0. The van der Waals surface area contributed by atoms with E-state index in [-0.39, 0.29) is 16.6 Å². The number of thioether (sulfide) groups is 1. The molecule has 1 aromatic carbocycles. The molecule has 0 aromatic heterocycles. The molecule has 0 unspecified atom stereocenters. The number of amidine groups is 1. The van der Waals surface area contributed by atoms with E-state index in [0.717, 1.165) is 17.8 Å². The number of rotatable bonds is 2. The predicted octanol–water partition coefficient (Wildman–Crippen LogP) is 3.01. The van der Waals surface area contributed by atoms with Gasteiger partial charge in [-0.25, -0.2) is 4.99 Å². The quantitative estimate of drug-likeness (QED) is 0.390. The molecule has 1 rings (SSSR count). The van der Waals surface area contributed by atoms with Crippen molar-refractivity contribution >= 4 is 22.6 Å². The third-order valence-corrected chi connectivity index (χ3v) is 2.22. The molecule has 0 saturated carbocycles. The molecule has 96 valence electrons. The standard InChI is InChI=1S/C10H8F3N3OS/c1-18-9(15-6-14)16-7-3-2-4-8(5-7)17-10(11,12)13/h2-5H,1H3,(H,15,16). The van der Waals surface area contributed by atoms with Crippen LogP contribution in [0.1, 0.15) is 0 Å². The van der Waals surface area contributed by atoms with Crippen LogP contribution >= 0.6 is 11.8 Å². The first kappa shape index (κ1) is 14.2. The lowest BCUT2D eigenvalue weighted by Crippen LogP contribution is -2.17. The first-order valence-electron chi connectivity index (χ1n) is 4.58. The van der Waals surface area contributed by atoms with Gasteiger partial charge in [0.25, 0.3) is 0 Å². The molecule has 4 nitrogen and oxygen atoms in total. The summed E-state index contributed by atoms with van der Waals surface area (Å²) >= 11 is 1.16. The lowest BCUT2D eigenvalue weighted by Gasteiger charge is -2.08. The molecule has 0 aliphatic carbocycles. The van der Waals surface area contributed by atoms with Crippen LogP contribution in [0.15, 0.2) is 29.3 Å². The smallest absolute Gasteiger partial charge is 0.406 e. The van der Waals surface area contributed by atoms with Crippen molar-refractivity contribution in [2.45, 2.75) is 6.36 Å². The van der Waals surface area contributed by atoms with E-state index in [0.29, 0.717) is 0 Å². The molecule has 0 atom stereocenters. The van der Waals surface area contributed by atoms with Gasteiger partial charge < -0.3 is 4.74 Å². The third-order valence-electron chi connectivity index (χ3n) is 1.64. The fourth-order valence-electron chi connectivity index (χ4n) is 1.04. The monoisotopic (exact) mass is 275 g/mol. The van der Waals surface area contributed by atoms with Crippen molar-refractivity contribution in [3.63, 3.8) is 0 Å². The molecular weight excluding hydrogens is 267 g/mol. The maximum Gasteiger partial charge on any atom is 0.573 e. The molecule has 0 spiro atoms. The molecule has 8 heteroatoms. The summed E-state index contributed by atoms with van der Waals surface area (Å²) in [7, 11) is 0. The van der Waals surface area contributed by atoms with Crippen LogP contribution < -0.4 is 10.1 Å². The second-order valence-corrected chi connectivity index (χ2v) is 3.70. The molecule has 0 aliphatic rings. The van der Waals surface area contributed by atoms with Gasteiger partial charge in [-0.05, 0) is 18.4 Å². The first-order valence-corrected chi connectivity index (χ1v) is 5.80. The number of halogens is 3. The summed E-state index contributed by atoms with van der Waals surface area (Å²) < 4.78 is 39.8. The molecule has 0 amide bonds. The summed E-state index contributed by atoms with van der Waals surface area (Å²) in [6.45, 7) is 0. The molecular formula is C10H8F3N3OS. The zero-order valence-corrected chi connectivity index (χ0v) is 9.97. The zero-order valence-electron chi connectivity index (χ0n) is 9.15. The Bertz CT molecular complexity index is 482. The van der Waals surface area contributed by atoms with E-state index in [9.17, 15) is 13.2 Å². The Morgan fingerprint density at radius 1 is 1.50 bits per heavy atom. The van der Waals surface area contributed by atoms with Gasteiger partial charge in [0, 0.05) is 6.07 Å². The summed E-state index contributed by atoms with van der Waals surface area (Å²) in [4.78, 5) is 3.96. The SMILES string of the molecule is CSC(=Nc1cccc(OC(F)(F)F)c1)NC#N. The second-order valence-electron chi connectivity index (χ2n) is 2.90. The van der Waals surface area contributed by atoms with E-state index in [2.05, 4.69) is 15.0 Å². The van der Waals surface area contributed by atoms with Gasteiger partial charge >= 0.3 is 6.36 Å². The molecule has 0 aliphatic heterocycles. The average Bonchev–Trinajstić information content (AvgIpc) is 2.26. The Morgan fingerprint density at radius 2 is 2.22 bits per heavy atom. The van der Waals surface area contributed by atoms with Crippen LogP contribution in [-0.2, 0) is 0 Å². The highest BCUT2D eigenvalue weighted by molar-refractivity contribution is 8.13. The van der Waals surface area contributed by atoms with Crippen molar-refractivity contribution in [1.29, 1.82) is 5.26 Å². The minimum atomic E-state index is -4.74. The molecule has 1 aromatic rings. The van der Waals surface area contributed by atoms with Crippen LogP contribution in [0.2, 0.25) is 0 Å². The summed E-state index contributed by atoms with van der Waals surface area (Å²) in [5, 5.41) is 11.0. The Kier molecular flexibility index (Phi) is 4.85. The van der Waals surface area contributed by atoms with Crippen LogP contribution in [0.5, 0.6) is 5.75 Å². The summed E-state index contributed by atoms with van der Waals surface area (Å²) in [6, 6.07) is 5.18. The number of alkyl halides is 3. The number of nitrogens with one attached hydrogen (secondary N) is 1. The lowest BCUT2D eigenvalue weighted by molar-refractivity contribution is -0.274. The van der Waals surface area contributed by atoms with Gasteiger partial charge in [0.2, 0.25) is 0 Å². The van der Waals surface area contributed by atoms with Gasteiger partial charge in [0.05, 0.1) is 5.69 Å². The van der Waals surface area contributed by atoms with Crippen LogP contribution in [0.3, 0.4) is 0 Å². The molecule has 0 saturated heterocycles. The van der Waals surface area contributed by atoms with Crippen LogP contribution in [0.25, 0.3) is 0 Å². The molecule has 0 radical (unpaired) electrons. The number of hydrogen-bond donors (Lipinski definition) is 1. The summed E-state index contributed by atoms with van der Waals surface area (Å²) in [5.74, 6) is -0.360. The van der Waals surface area contributed by atoms with E-state index in [1.54, 1.807) is 12.4 Å². The maximum absolute atomic E-state index is 12.0. The summed E-state index contributed by atoms with van der Waals surface area (Å²) in [5.41, 5.74) is 0.254. The molecule has 18 heavy (non-hydrogen) atoms. The summed E-state index contributed by atoms with van der Waals surface area (Å²) in [6.07, 6.45) is -1.38. The van der Waals surface area contributed by atoms with Gasteiger partial charge in [-0.3, -0.25) is 5.32 Å². The Labute approximate surface area is 105 Å². The van der Waals surface area contributed by atoms with Crippen LogP contribution in [0.4, 0.5) is 18.9 Å². The largest absolute Gasteiger partial charge is 0.573 e. The van der Waals surface area contributed by atoms with Crippen molar-refractivity contribution < 1.29 is 17.9 Å². The minimum absolute atomic E-state index is 0.254. The van der Waals surface area contributed by atoms with Crippen molar-refractivity contribution in [3.8, 4) is 11.9 Å².